The van der Waals surface area contributed by atoms with E-state index in [-0.39, 0.29) is 12.4 Å². The van der Waals surface area contributed by atoms with Gasteiger partial charge in [-0.05, 0) is 35.7 Å². The number of ether oxygens (including phenoxy) is 2. The molecule has 0 aliphatic rings. The molecule has 160 valence electrons. The second kappa shape index (κ2) is 11.8. The molecule has 0 aliphatic heterocycles. The molecule has 0 fully saturated rings. The van der Waals surface area contributed by atoms with Gasteiger partial charge in [0, 0.05) is 13.1 Å². The Morgan fingerprint density at radius 3 is 2.37 bits per heavy atom. The highest BCUT2D eigenvalue weighted by Gasteiger charge is 2.13. The van der Waals surface area contributed by atoms with E-state index in [2.05, 4.69) is 24.4 Å². The lowest BCUT2D eigenvalue weighted by Gasteiger charge is -2.16. The quantitative estimate of drug-likeness (QED) is 0.455. The topological polar surface area (TPSA) is 50.7 Å². The fourth-order valence-electron chi connectivity index (χ4n) is 3.00. The summed E-state index contributed by atoms with van der Waals surface area (Å²) >= 11 is 6.46. The zero-order valence-electron chi connectivity index (χ0n) is 17.1. The molecule has 0 aromatic heterocycles. The molecular weight excluding hydrogens is 421 g/mol. The smallest absolute Gasteiger partial charge is 0.180 e. The molecule has 0 spiro atoms. The van der Waals surface area contributed by atoms with Crippen LogP contribution in [0.4, 0.5) is 0 Å². The van der Waals surface area contributed by atoms with Crippen molar-refractivity contribution in [3.8, 4) is 11.5 Å². The summed E-state index contributed by atoms with van der Waals surface area (Å²) in [5.74, 6) is 1.12. The number of aliphatic hydroxyl groups is 1. The number of rotatable bonds is 9. The molecule has 0 bridgehead atoms. The minimum atomic E-state index is -0.564. The monoisotopic (exact) mass is 447 g/mol. The summed E-state index contributed by atoms with van der Waals surface area (Å²) in [4.78, 5) is 0. The summed E-state index contributed by atoms with van der Waals surface area (Å²) in [7, 11) is 1.60. The van der Waals surface area contributed by atoms with Crippen LogP contribution in [0.1, 0.15) is 28.4 Å². The minimum absolute atomic E-state index is 0. The van der Waals surface area contributed by atoms with Gasteiger partial charge in [0.2, 0.25) is 0 Å². The Bertz CT molecular complexity index is 918. The van der Waals surface area contributed by atoms with E-state index >= 15 is 0 Å². The summed E-state index contributed by atoms with van der Waals surface area (Å²) in [5, 5.41) is 14.0. The second-order valence-corrected chi connectivity index (χ2v) is 7.35. The number of nitrogens with one attached hydrogen (secondary N) is 1. The summed E-state index contributed by atoms with van der Waals surface area (Å²) in [6.07, 6.45) is -0.564. The highest BCUT2D eigenvalue weighted by molar-refractivity contribution is 6.32. The molecule has 0 radical (unpaired) electrons. The third kappa shape index (κ3) is 6.64. The first-order valence-corrected chi connectivity index (χ1v) is 9.93. The average molecular weight is 448 g/mol. The van der Waals surface area contributed by atoms with Gasteiger partial charge in [-0.1, -0.05) is 71.8 Å². The summed E-state index contributed by atoms with van der Waals surface area (Å²) in [5.41, 5.74) is 4.11. The van der Waals surface area contributed by atoms with Gasteiger partial charge in [0.15, 0.2) is 11.5 Å². The normalized spacial score (nSPS) is 11.5. The fourth-order valence-corrected chi connectivity index (χ4v) is 3.29. The number of aliphatic hydroxyl groups excluding tert-OH is 1. The average Bonchev–Trinajstić information content (AvgIpc) is 2.74. The van der Waals surface area contributed by atoms with Crippen LogP contribution < -0.4 is 14.8 Å². The fraction of sp³-hybridized carbons (Fsp3) is 0.250. The largest absolute Gasteiger partial charge is 0.493 e. The second-order valence-electron chi connectivity index (χ2n) is 6.94. The Balaban J connectivity index is 0.00000320. The van der Waals surface area contributed by atoms with Crippen LogP contribution in [0.25, 0.3) is 0 Å². The molecule has 0 heterocycles. The van der Waals surface area contributed by atoms with Gasteiger partial charge in [-0.2, -0.15) is 0 Å². The third-order valence-electron chi connectivity index (χ3n) is 4.64. The molecule has 30 heavy (non-hydrogen) atoms. The Hall–Kier alpha value is -2.24. The van der Waals surface area contributed by atoms with E-state index in [1.54, 1.807) is 7.11 Å². The van der Waals surface area contributed by atoms with Crippen LogP contribution in [0.2, 0.25) is 5.02 Å². The van der Waals surface area contributed by atoms with Gasteiger partial charge in [0.05, 0.1) is 18.2 Å². The molecule has 0 aliphatic carbocycles. The first-order valence-electron chi connectivity index (χ1n) is 9.55. The summed E-state index contributed by atoms with van der Waals surface area (Å²) in [6.45, 7) is 3.46. The SMILES string of the molecule is COc1cc(CNCC(O)c2ccccc2)cc(Cl)c1OCc1ccc(C)cc1.Cl. The zero-order chi connectivity index (χ0) is 20.6. The van der Waals surface area contributed by atoms with Crippen molar-refractivity contribution in [2.75, 3.05) is 13.7 Å². The number of benzene rings is 3. The number of methoxy groups -OCH3 is 1. The maximum absolute atomic E-state index is 10.3. The Morgan fingerprint density at radius 2 is 1.70 bits per heavy atom. The van der Waals surface area contributed by atoms with Crippen LogP contribution in [-0.4, -0.2) is 18.8 Å². The Morgan fingerprint density at radius 1 is 1.00 bits per heavy atom. The number of hydrogen-bond acceptors (Lipinski definition) is 4. The summed E-state index contributed by atoms with van der Waals surface area (Å²) < 4.78 is 11.4. The Kier molecular flexibility index (Phi) is 9.47. The minimum Gasteiger partial charge on any atom is -0.493 e. The van der Waals surface area contributed by atoms with Crippen molar-refractivity contribution >= 4 is 24.0 Å². The lowest BCUT2D eigenvalue weighted by molar-refractivity contribution is 0.174. The van der Waals surface area contributed by atoms with Gasteiger partial charge in [-0.3, -0.25) is 0 Å². The molecule has 3 aromatic rings. The molecule has 4 nitrogen and oxygen atoms in total. The zero-order valence-corrected chi connectivity index (χ0v) is 18.7. The predicted molar refractivity (Wildman–Crippen MR) is 124 cm³/mol. The van der Waals surface area contributed by atoms with Crippen molar-refractivity contribution in [2.45, 2.75) is 26.2 Å². The first kappa shape index (κ1) is 24.0. The van der Waals surface area contributed by atoms with Crippen LogP contribution in [0.15, 0.2) is 66.7 Å². The molecule has 0 amide bonds. The van der Waals surface area contributed by atoms with Crippen LogP contribution >= 0.6 is 24.0 Å². The molecule has 2 N–H and O–H groups in total. The highest BCUT2D eigenvalue weighted by atomic mass is 35.5. The van der Waals surface area contributed by atoms with Crippen LogP contribution in [0.3, 0.4) is 0 Å². The van der Waals surface area contributed by atoms with Gasteiger partial charge < -0.3 is 19.9 Å². The van der Waals surface area contributed by atoms with Crippen molar-refractivity contribution in [1.82, 2.24) is 5.32 Å². The van der Waals surface area contributed by atoms with E-state index < -0.39 is 6.10 Å². The van der Waals surface area contributed by atoms with Gasteiger partial charge in [0.1, 0.15) is 6.61 Å². The maximum atomic E-state index is 10.3. The predicted octanol–water partition coefficient (Wildman–Crippen LogP) is 5.48. The molecule has 3 aromatic carbocycles. The van der Waals surface area contributed by atoms with Gasteiger partial charge in [-0.25, -0.2) is 0 Å². The van der Waals surface area contributed by atoms with Gasteiger partial charge in [-0.15, -0.1) is 12.4 Å². The molecule has 3 rings (SSSR count). The first-order chi connectivity index (χ1) is 14.1. The van der Waals surface area contributed by atoms with E-state index in [4.69, 9.17) is 21.1 Å². The number of aryl methyl sites for hydroxylation is 1. The van der Waals surface area contributed by atoms with E-state index in [9.17, 15) is 5.11 Å². The maximum Gasteiger partial charge on any atom is 0.180 e. The van der Waals surface area contributed by atoms with Gasteiger partial charge >= 0.3 is 0 Å². The lowest BCUT2D eigenvalue weighted by atomic mass is 10.1. The molecule has 0 saturated carbocycles. The van der Waals surface area contributed by atoms with E-state index in [1.807, 2.05) is 54.6 Å². The summed E-state index contributed by atoms with van der Waals surface area (Å²) in [6, 6.07) is 21.5. The Labute approximate surface area is 189 Å². The van der Waals surface area contributed by atoms with Gasteiger partial charge in [0.25, 0.3) is 0 Å². The molecule has 6 heteroatoms. The third-order valence-corrected chi connectivity index (χ3v) is 4.92. The van der Waals surface area contributed by atoms with Crippen molar-refractivity contribution in [3.63, 3.8) is 0 Å². The van der Waals surface area contributed by atoms with E-state index in [1.165, 1.54) is 5.56 Å². The molecule has 0 saturated heterocycles. The molecule has 1 atom stereocenters. The van der Waals surface area contributed by atoms with Crippen molar-refractivity contribution in [2.24, 2.45) is 0 Å². The van der Waals surface area contributed by atoms with Crippen molar-refractivity contribution in [1.29, 1.82) is 0 Å². The molecule has 1 unspecified atom stereocenters. The standard InChI is InChI=1S/C24H26ClNO3.ClH/c1-17-8-10-18(11-9-17)16-29-24-21(25)12-19(13-23(24)28-2)14-26-15-22(27)20-6-4-3-5-7-20;/h3-13,22,26-27H,14-16H2,1-2H3;1H. The number of halogens is 2. The van der Waals surface area contributed by atoms with Crippen LogP contribution in [0, 0.1) is 6.92 Å². The van der Waals surface area contributed by atoms with E-state index in [0.717, 1.165) is 16.7 Å². The molecular formula is C24H27Cl2NO3. The lowest BCUT2D eigenvalue weighted by Crippen LogP contribution is -2.21. The number of hydrogen-bond donors (Lipinski definition) is 2. The highest BCUT2D eigenvalue weighted by Crippen LogP contribution is 2.37. The van der Waals surface area contributed by atoms with Crippen LogP contribution in [0.5, 0.6) is 11.5 Å². The van der Waals surface area contributed by atoms with E-state index in [0.29, 0.717) is 36.2 Å². The van der Waals surface area contributed by atoms with Crippen molar-refractivity contribution in [3.05, 3.63) is 94.0 Å². The van der Waals surface area contributed by atoms with Crippen LogP contribution in [-0.2, 0) is 13.2 Å². The van der Waals surface area contributed by atoms with Crippen molar-refractivity contribution < 1.29 is 14.6 Å².